The Morgan fingerprint density at radius 3 is 3.06 bits per heavy atom. The van der Waals surface area contributed by atoms with Crippen LogP contribution in [0, 0.1) is 0 Å². The van der Waals surface area contributed by atoms with E-state index >= 15 is 0 Å². The standard InChI is InChI=1S/C13H16ClNO3/c1-8-11(2-3-16-8)15-6-9-4-10(14)13-12(5-9)17-7-18-13/h4-5,8,11,15H,2-3,6-7H2,1H3/t8-,11+/m0/s1. The Morgan fingerprint density at radius 1 is 1.39 bits per heavy atom. The molecule has 4 nitrogen and oxygen atoms in total. The van der Waals surface area contributed by atoms with Crippen LogP contribution in [0.15, 0.2) is 12.1 Å². The molecule has 2 heterocycles. The highest BCUT2D eigenvalue weighted by Crippen LogP contribution is 2.39. The molecule has 0 spiro atoms. The second-order valence-electron chi connectivity index (χ2n) is 4.66. The van der Waals surface area contributed by atoms with E-state index in [1.807, 2.05) is 12.1 Å². The van der Waals surface area contributed by atoms with Gasteiger partial charge in [0.05, 0.1) is 11.1 Å². The maximum Gasteiger partial charge on any atom is 0.231 e. The fourth-order valence-electron chi connectivity index (χ4n) is 2.37. The minimum Gasteiger partial charge on any atom is -0.454 e. The molecule has 0 aromatic heterocycles. The van der Waals surface area contributed by atoms with Crippen molar-refractivity contribution in [3.05, 3.63) is 22.7 Å². The molecule has 1 N–H and O–H groups in total. The fraction of sp³-hybridized carbons (Fsp3) is 0.538. The largest absolute Gasteiger partial charge is 0.454 e. The predicted molar refractivity (Wildman–Crippen MR) is 68.2 cm³/mol. The fourth-order valence-corrected chi connectivity index (χ4v) is 2.66. The molecule has 1 aromatic rings. The molecule has 1 saturated heterocycles. The van der Waals surface area contributed by atoms with Gasteiger partial charge < -0.3 is 19.5 Å². The third-order valence-electron chi connectivity index (χ3n) is 3.43. The summed E-state index contributed by atoms with van der Waals surface area (Å²) < 4.78 is 16.2. The molecule has 2 aliphatic rings. The lowest BCUT2D eigenvalue weighted by molar-refractivity contribution is 0.113. The van der Waals surface area contributed by atoms with Crippen LogP contribution < -0.4 is 14.8 Å². The van der Waals surface area contributed by atoms with Crippen molar-refractivity contribution in [2.45, 2.75) is 32.0 Å². The van der Waals surface area contributed by atoms with E-state index in [0.29, 0.717) is 16.8 Å². The van der Waals surface area contributed by atoms with Crippen molar-refractivity contribution in [1.29, 1.82) is 0 Å². The summed E-state index contributed by atoms with van der Waals surface area (Å²) in [5.74, 6) is 1.38. The van der Waals surface area contributed by atoms with Crippen molar-refractivity contribution < 1.29 is 14.2 Å². The molecule has 0 aliphatic carbocycles. The Balaban J connectivity index is 1.68. The van der Waals surface area contributed by atoms with Crippen molar-refractivity contribution in [3.63, 3.8) is 0 Å². The summed E-state index contributed by atoms with van der Waals surface area (Å²) in [5, 5.41) is 4.09. The van der Waals surface area contributed by atoms with Gasteiger partial charge in [-0.1, -0.05) is 11.6 Å². The number of fused-ring (bicyclic) bond motifs is 1. The van der Waals surface area contributed by atoms with Crippen molar-refractivity contribution in [2.75, 3.05) is 13.4 Å². The minimum absolute atomic E-state index is 0.249. The van der Waals surface area contributed by atoms with Crippen LogP contribution in [-0.2, 0) is 11.3 Å². The number of halogens is 1. The zero-order chi connectivity index (χ0) is 12.5. The van der Waals surface area contributed by atoms with Gasteiger partial charge in [0.2, 0.25) is 6.79 Å². The molecule has 2 atom stereocenters. The van der Waals surface area contributed by atoms with Gasteiger partial charge in [0.15, 0.2) is 11.5 Å². The Hall–Kier alpha value is -0.970. The first-order chi connectivity index (χ1) is 8.74. The van der Waals surface area contributed by atoms with E-state index in [1.54, 1.807) is 0 Å². The number of hydrogen-bond donors (Lipinski definition) is 1. The number of benzene rings is 1. The lowest BCUT2D eigenvalue weighted by Crippen LogP contribution is -2.34. The Bertz CT molecular complexity index is 452. The molecule has 18 heavy (non-hydrogen) atoms. The minimum atomic E-state index is 0.249. The molecule has 5 heteroatoms. The van der Waals surface area contributed by atoms with Crippen LogP contribution >= 0.6 is 11.6 Å². The summed E-state index contributed by atoms with van der Waals surface area (Å²) in [4.78, 5) is 0. The monoisotopic (exact) mass is 269 g/mol. The summed E-state index contributed by atoms with van der Waals surface area (Å²) in [5.41, 5.74) is 1.10. The molecule has 0 bridgehead atoms. The van der Waals surface area contributed by atoms with E-state index in [4.69, 9.17) is 25.8 Å². The Kier molecular flexibility index (Phi) is 3.33. The Morgan fingerprint density at radius 2 is 2.28 bits per heavy atom. The summed E-state index contributed by atoms with van der Waals surface area (Å²) in [7, 11) is 0. The maximum absolute atomic E-state index is 6.14. The van der Waals surface area contributed by atoms with Gasteiger partial charge in [0.25, 0.3) is 0 Å². The van der Waals surface area contributed by atoms with Crippen molar-refractivity contribution in [2.24, 2.45) is 0 Å². The predicted octanol–water partition coefficient (Wildman–Crippen LogP) is 2.34. The van der Waals surface area contributed by atoms with E-state index < -0.39 is 0 Å². The van der Waals surface area contributed by atoms with E-state index in [2.05, 4.69) is 12.2 Å². The van der Waals surface area contributed by atoms with Crippen LogP contribution in [0.4, 0.5) is 0 Å². The lowest BCUT2D eigenvalue weighted by atomic mass is 10.1. The summed E-state index contributed by atoms with van der Waals surface area (Å²) >= 11 is 6.14. The van der Waals surface area contributed by atoms with Gasteiger partial charge in [-0.15, -0.1) is 0 Å². The molecule has 98 valence electrons. The molecule has 0 unspecified atom stereocenters. The third kappa shape index (κ3) is 2.28. The average Bonchev–Trinajstić information content (AvgIpc) is 2.95. The zero-order valence-electron chi connectivity index (χ0n) is 10.2. The molecule has 2 aliphatic heterocycles. The van der Waals surface area contributed by atoms with Crippen LogP contribution in [0.5, 0.6) is 11.5 Å². The highest BCUT2D eigenvalue weighted by Gasteiger charge is 2.24. The number of rotatable bonds is 3. The van der Waals surface area contributed by atoms with Crippen molar-refractivity contribution >= 4 is 11.6 Å². The molecule has 0 amide bonds. The highest BCUT2D eigenvalue weighted by atomic mass is 35.5. The van der Waals surface area contributed by atoms with Crippen molar-refractivity contribution in [3.8, 4) is 11.5 Å². The molecule has 0 saturated carbocycles. The second kappa shape index (κ2) is 4.96. The van der Waals surface area contributed by atoms with Crippen LogP contribution in [-0.4, -0.2) is 25.5 Å². The molecular weight excluding hydrogens is 254 g/mol. The quantitative estimate of drug-likeness (QED) is 0.914. The number of hydrogen-bond acceptors (Lipinski definition) is 4. The van der Waals surface area contributed by atoms with Gasteiger partial charge in [-0.3, -0.25) is 0 Å². The first-order valence-corrected chi connectivity index (χ1v) is 6.55. The highest BCUT2D eigenvalue weighted by molar-refractivity contribution is 6.32. The van der Waals surface area contributed by atoms with Gasteiger partial charge in [-0.05, 0) is 31.0 Å². The van der Waals surface area contributed by atoms with Gasteiger partial charge in [0.1, 0.15) is 0 Å². The first kappa shape index (κ1) is 12.1. The van der Waals surface area contributed by atoms with E-state index in [0.717, 1.165) is 30.9 Å². The first-order valence-electron chi connectivity index (χ1n) is 6.17. The maximum atomic E-state index is 6.14. The molecule has 0 radical (unpaired) electrons. The normalized spacial score (nSPS) is 25.7. The van der Waals surface area contributed by atoms with E-state index in [9.17, 15) is 0 Å². The van der Waals surface area contributed by atoms with Crippen LogP contribution in [0.2, 0.25) is 5.02 Å². The SMILES string of the molecule is C[C@@H]1OCC[C@H]1NCc1cc(Cl)c2c(c1)OCO2. The smallest absolute Gasteiger partial charge is 0.231 e. The van der Waals surface area contributed by atoms with Crippen LogP contribution in [0.25, 0.3) is 0 Å². The van der Waals surface area contributed by atoms with E-state index in [-0.39, 0.29) is 12.9 Å². The van der Waals surface area contributed by atoms with Crippen molar-refractivity contribution in [1.82, 2.24) is 5.32 Å². The molecular formula is C13H16ClNO3. The average molecular weight is 270 g/mol. The van der Waals surface area contributed by atoms with Gasteiger partial charge in [-0.25, -0.2) is 0 Å². The van der Waals surface area contributed by atoms with Gasteiger partial charge in [0, 0.05) is 19.2 Å². The van der Waals surface area contributed by atoms with Crippen LogP contribution in [0.3, 0.4) is 0 Å². The number of ether oxygens (including phenoxy) is 3. The zero-order valence-corrected chi connectivity index (χ0v) is 11.0. The Labute approximate surface area is 111 Å². The third-order valence-corrected chi connectivity index (χ3v) is 3.71. The van der Waals surface area contributed by atoms with Gasteiger partial charge >= 0.3 is 0 Å². The lowest BCUT2D eigenvalue weighted by Gasteiger charge is -2.16. The molecule has 3 rings (SSSR count). The summed E-state index contributed by atoms with van der Waals surface area (Å²) in [6, 6.07) is 4.30. The van der Waals surface area contributed by atoms with E-state index in [1.165, 1.54) is 0 Å². The summed E-state index contributed by atoms with van der Waals surface area (Å²) in [6.07, 6.45) is 1.33. The van der Waals surface area contributed by atoms with Gasteiger partial charge in [-0.2, -0.15) is 0 Å². The second-order valence-corrected chi connectivity index (χ2v) is 5.07. The summed E-state index contributed by atoms with van der Waals surface area (Å²) in [6.45, 7) is 3.94. The molecule has 1 fully saturated rings. The number of nitrogens with one attached hydrogen (secondary N) is 1. The molecule has 1 aromatic carbocycles. The topological polar surface area (TPSA) is 39.7 Å². The van der Waals surface area contributed by atoms with Crippen LogP contribution in [0.1, 0.15) is 18.9 Å².